The zero-order valence-corrected chi connectivity index (χ0v) is 14.1. The second-order valence-corrected chi connectivity index (χ2v) is 7.24. The van der Waals surface area contributed by atoms with Crippen LogP contribution in [-0.2, 0) is 14.9 Å². The van der Waals surface area contributed by atoms with Crippen molar-refractivity contribution < 1.29 is 9.53 Å². The topological polar surface area (TPSA) is 41.6 Å². The van der Waals surface area contributed by atoms with Crippen LogP contribution in [0.25, 0.3) is 0 Å². The summed E-state index contributed by atoms with van der Waals surface area (Å²) < 4.78 is 5.21. The molecule has 1 spiro atoms. The fourth-order valence-corrected chi connectivity index (χ4v) is 5.70. The summed E-state index contributed by atoms with van der Waals surface area (Å²) in [5.41, 5.74) is 5.76. The van der Waals surface area contributed by atoms with Gasteiger partial charge in [-0.25, -0.2) is 4.79 Å². The molecule has 1 aromatic carbocycles. The second-order valence-electron chi connectivity index (χ2n) is 7.24. The second kappa shape index (κ2) is 4.73. The number of allylic oxidation sites excluding steroid dienone is 1. The van der Waals surface area contributed by atoms with Crippen LogP contribution in [0.3, 0.4) is 0 Å². The van der Waals surface area contributed by atoms with E-state index < -0.39 is 0 Å². The van der Waals surface area contributed by atoms with E-state index in [1.54, 1.807) is 0 Å². The highest BCUT2D eigenvalue weighted by atomic mass is 16.5. The molecule has 4 aliphatic rings. The number of hydrogen-bond donors (Lipinski definition) is 1. The molecule has 4 heteroatoms. The molecule has 24 heavy (non-hydrogen) atoms. The van der Waals surface area contributed by atoms with Crippen molar-refractivity contribution in [1.29, 1.82) is 0 Å². The SMILES string of the molecule is CC=C1[C@H]2CCN3CC[C@]4(C(=C2C(=O)OC)Nc2ccccc24)[C@H]13. The maximum atomic E-state index is 12.7. The number of fused-ring (bicyclic) bond motifs is 2. The summed E-state index contributed by atoms with van der Waals surface area (Å²) in [6.45, 7) is 4.26. The van der Waals surface area contributed by atoms with Crippen LogP contribution in [-0.4, -0.2) is 37.1 Å². The van der Waals surface area contributed by atoms with Gasteiger partial charge in [-0.15, -0.1) is 0 Å². The lowest BCUT2D eigenvalue weighted by Crippen LogP contribution is -2.54. The van der Waals surface area contributed by atoms with E-state index in [4.69, 9.17) is 4.74 Å². The molecule has 4 nitrogen and oxygen atoms in total. The number of para-hydroxylation sites is 1. The van der Waals surface area contributed by atoms with Crippen LogP contribution in [0.4, 0.5) is 5.69 Å². The third-order valence-electron chi connectivity index (χ3n) is 6.52. The van der Waals surface area contributed by atoms with E-state index in [1.165, 1.54) is 18.2 Å². The summed E-state index contributed by atoms with van der Waals surface area (Å²) in [4.78, 5) is 15.3. The van der Waals surface area contributed by atoms with Crippen LogP contribution < -0.4 is 5.32 Å². The van der Waals surface area contributed by atoms with Gasteiger partial charge in [-0.2, -0.15) is 0 Å². The highest BCUT2D eigenvalue weighted by Gasteiger charge is 2.63. The van der Waals surface area contributed by atoms with Crippen LogP contribution in [0.15, 0.2) is 47.2 Å². The van der Waals surface area contributed by atoms with Crippen molar-refractivity contribution in [3.63, 3.8) is 0 Å². The van der Waals surface area contributed by atoms with Gasteiger partial charge in [0.05, 0.1) is 18.1 Å². The van der Waals surface area contributed by atoms with Gasteiger partial charge in [0.25, 0.3) is 0 Å². The van der Waals surface area contributed by atoms with E-state index >= 15 is 0 Å². The Bertz CT molecular complexity index is 810. The molecule has 124 valence electrons. The lowest BCUT2D eigenvalue weighted by molar-refractivity contribution is -0.137. The number of hydrogen-bond acceptors (Lipinski definition) is 4. The number of methoxy groups -OCH3 is 1. The number of benzene rings is 1. The summed E-state index contributed by atoms with van der Waals surface area (Å²) in [5.74, 6) is 0.0135. The molecular weight excluding hydrogens is 300 g/mol. The standard InChI is InChI=1S/C20H22N2O2/c1-3-12-13-8-10-22-11-9-20(18(12)22)14-6-4-5-7-15(14)21-17(20)16(13)19(23)24-2/h3-7,13,18,21H,8-11H2,1-2H3/t13-,18+,20+/m1/s1. The number of rotatable bonds is 1. The van der Waals surface area contributed by atoms with Gasteiger partial charge in [-0.1, -0.05) is 24.3 Å². The van der Waals surface area contributed by atoms with Crippen LogP contribution >= 0.6 is 0 Å². The van der Waals surface area contributed by atoms with Gasteiger partial charge in [0.1, 0.15) is 0 Å². The van der Waals surface area contributed by atoms with E-state index in [9.17, 15) is 4.79 Å². The number of carbonyl (C=O) groups excluding carboxylic acids is 1. The summed E-state index contributed by atoms with van der Waals surface area (Å²) in [7, 11) is 1.50. The van der Waals surface area contributed by atoms with Gasteiger partial charge in [-0.05, 0) is 43.5 Å². The largest absolute Gasteiger partial charge is 0.466 e. The van der Waals surface area contributed by atoms with E-state index in [0.29, 0.717) is 6.04 Å². The number of ether oxygens (including phenoxy) is 1. The van der Waals surface area contributed by atoms with Crippen LogP contribution in [0.5, 0.6) is 0 Å². The maximum absolute atomic E-state index is 12.7. The van der Waals surface area contributed by atoms with Gasteiger partial charge in [0.15, 0.2) is 0 Å². The van der Waals surface area contributed by atoms with Gasteiger partial charge >= 0.3 is 5.97 Å². The fourth-order valence-electron chi connectivity index (χ4n) is 5.70. The maximum Gasteiger partial charge on any atom is 0.336 e. The van der Waals surface area contributed by atoms with Crippen LogP contribution in [0.2, 0.25) is 0 Å². The first-order valence-electron chi connectivity index (χ1n) is 8.82. The molecule has 2 bridgehead atoms. The first-order chi connectivity index (χ1) is 11.7. The Labute approximate surface area is 142 Å². The normalized spacial score (nSPS) is 34.8. The lowest BCUT2D eigenvalue weighted by Gasteiger charge is -2.49. The van der Waals surface area contributed by atoms with E-state index in [0.717, 1.165) is 42.9 Å². The number of nitrogens with zero attached hydrogens (tertiary/aromatic N) is 1. The summed E-state index contributed by atoms with van der Waals surface area (Å²) >= 11 is 0. The lowest BCUT2D eigenvalue weighted by atomic mass is 9.60. The molecule has 0 saturated carbocycles. The molecule has 1 aliphatic carbocycles. The Morgan fingerprint density at radius 2 is 2.21 bits per heavy atom. The Kier molecular flexibility index (Phi) is 2.82. The van der Waals surface area contributed by atoms with Crippen LogP contribution in [0.1, 0.15) is 25.3 Å². The van der Waals surface area contributed by atoms with Crippen molar-refractivity contribution in [2.45, 2.75) is 31.2 Å². The predicted octanol–water partition coefficient (Wildman–Crippen LogP) is 2.83. The highest BCUT2D eigenvalue weighted by molar-refractivity contribution is 5.94. The highest BCUT2D eigenvalue weighted by Crippen LogP contribution is 2.61. The Balaban J connectivity index is 1.86. The minimum atomic E-state index is -0.173. The average Bonchev–Trinajstić information content (AvgIpc) is 3.17. The van der Waals surface area contributed by atoms with Gasteiger partial charge < -0.3 is 10.1 Å². The zero-order chi connectivity index (χ0) is 16.5. The van der Waals surface area contributed by atoms with Gasteiger partial charge in [0, 0.05) is 29.9 Å². The smallest absolute Gasteiger partial charge is 0.336 e. The van der Waals surface area contributed by atoms with Crippen molar-refractivity contribution in [2.75, 3.05) is 25.5 Å². The minimum Gasteiger partial charge on any atom is -0.466 e. The molecule has 1 N–H and O–H groups in total. The van der Waals surface area contributed by atoms with Crippen molar-refractivity contribution in [3.05, 3.63) is 52.7 Å². The number of esters is 1. The predicted molar refractivity (Wildman–Crippen MR) is 92.6 cm³/mol. The van der Waals surface area contributed by atoms with Crippen LogP contribution in [0, 0.1) is 5.92 Å². The molecule has 0 aromatic heterocycles. The van der Waals surface area contributed by atoms with Crippen molar-refractivity contribution >= 4 is 11.7 Å². The summed E-state index contributed by atoms with van der Waals surface area (Å²) in [5, 5.41) is 3.62. The molecule has 3 heterocycles. The van der Waals surface area contributed by atoms with Gasteiger partial charge in [-0.3, -0.25) is 4.90 Å². The molecule has 0 unspecified atom stereocenters. The van der Waals surface area contributed by atoms with E-state index in [1.807, 2.05) is 0 Å². The molecule has 2 fully saturated rings. The van der Waals surface area contributed by atoms with E-state index in [-0.39, 0.29) is 17.3 Å². The molecule has 5 rings (SSSR count). The number of nitrogens with one attached hydrogen (secondary N) is 1. The monoisotopic (exact) mass is 322 g/mol. The summed E-state index contributed by atoms with van der Waals surface area (Å²) in [6.07, 6.45) is 4.30. The van der Waals surface area contributed by atoms with Gasteiger partial charge in [0.2, 0.25) is 0 Å². The molecule has 0 amide bonds. The molecule has 3 aliphatic heterocycles. The quantitative estimate of drug-likeness (QED) is 0.638. The van der Waals surface area contributed by atoms with E-state index in [2.05, 4.69) is 47.5 Å². The number of piperidine rings is 1. The molecule has 2 saturated heterocycles. The Morgan fingerprint density at radius 1 is 1.38 bits per heavy atom. The van der Waals surface area contributed by atoms with Crippen molar-refractivity contribution in [1.82, 2.24) is 4.90 Å². The minimum absolute atomic E-state index is 0.112. The molecule has 1 aromatic rings. The fraction of sp³-hybridized carbons (Fsp3) is 0.450. The first-order valence-corrected chi connectivity index (χ1v) is 8.82. The molecular formula is C20H22N2O2. The Morgan fingerprint density at radius 3 is 3.00 bits per heavy atom. The number of anilines is 1. The zero-order valence-electron chi connectivity index (χ0n) is 14.1. The summed E-state index contributed by atoms with van der Waals surface area (Å²) in [6, 6.07) is 8.92. The average molecular weight is 322 g/mol. The molecule has 0 radical (unpaired) electrons. The Hall–Kier alpha value is -2.07. The van der Waals surface area contributed by atoms with Crippen molar-refractivity contribution in [3.8, 4) is 0 Å². The first kappa shape index (κ1) is 14.3. The third kappa shape index (κ3) is 1.46. The number of carbonyl (C=O) groups is 1. The third-order valence-corrected chi connectivity index (χ3v) is 6.52. The van der Waals surface area contributed by atoms with Crippen molar-refractivity contribution in [2.24, 2.45) is 5.92 Å². The molecule has 3 atom stereocenters.